The summed E-state index contributed by atoms with van der Waals surface area (Å²) in [4.78, 5) is 18.1. The number of carbonyl (C=O) groups is 1. The molecular weight excluding hydrogens is 270 g/mol. The standard InChI is InChI=1S/C14H19N5O2/c1-10-7-13(21-17-10)16-14(20)19-5-3-11(4-6-19)12-8-15-9-18(12)2/h7-9,11H,3-6H2,1-2H3,(H,16,20). The number of hydrogen-bond donors (Lipinski definition) is 1. The van der Waals surface area contributed by atoms with Gasteiger partial charge < -0.3 is 14.0 Å². The Kier molecular flexibility index (Phi) is 3.64. The first-order valence-electron chi connectivity index (χ1n) is 7.09. The van der Waals surface area contributed by atoms with Crippen molar-refractivity contribution in [2.75, 3.05) is 18.4 Å². The van der Waals surface area contributed by atoms with Gasteiger partial charge in [0.05, 0.1) is 12.0 Å². The van der Waals surface area contributed by atoms with Gasteiger partial charge in [0.25, 0.3) is 0 Å². The van der Waals surface area contributed by atoms with Gasteiger partial charge in [-0.3, -0.25) is 5.32 Å². The Morgan fingerprint density at radius 3 is 2.76 bits per heavy atom. The van der Waals surface area contributed by atoms with E-state index in [1.807, 2.05) is 31.4 Å². The van der Waals surface area contributed by atoms with Crippen LogP contribution in [-0.2, 0) is 7.05 Å². The van der Waals surface area contributed by atoms with E-state index in [2.05, 4.69) is 20.0 Å². The average Bonchev–Trinajstić information content (AvgIpc) is 3.08. The Morgan fingerprint density at radius 2 is 2.19 bits per heavy atom. The summed E-state index contributed by atoms with van der Waals surface area (Å²) in [5, 5.41) is 6.49. The van der Waals surface area contributed by atoms with Gasteiger partial charge in [-0.25, -0.2) is 9.78 Å². The number of hydrogen-bond acceptors (Lipinski definition) is 4. The fourth-order valence-corrected chi connectivity index (χ4v) is 2.75. The Labute approximate surface area is 122 Å². The van der Waals surface area contributed by atoms with Crippen LogP contribution < -0.4 is 5.32 Å². The summed E-state index contributed by atoms with van der Waals surface area (Å²) >= 11 is 0. The summed E-state index contributed by atoms with van der Waals surface area (Å²) in [6.07, 6.45) is 5.63. The molecule has 1 aliphatic heterocycles. The molecule has 0 aromatic carbocycles. The molecule has 1 N–H and O–H groups in total. The number of amides is 2. The maximum atomic E-state index is 12.1. The van der Waals surface area contributed by atoms with Crippen LogP contribution in [-0.4, -0.2) is 38.7 Å². The van der Waals surface area contributed by atoms with E-state index in [4.69, 9.17) is 4.52 Å². The summed E-state index contributed by atoms with van der Waals surface area (Å²) in [5.74, 6) is 0.861. The lowest BCUT2D eigenvalue weighted by molar-refractivity contribution is 0.193. The lowest BCUT2D eigenvalue weighted by Crippen LogP contribution is -2.40. The summed E-state index contributed by atoms with van der Waals surface area (Å²) in [6, 6.07) is 1.58. The summed E-state index contributed by atoms with van der Waals surface area (Å²) in [5.41, 5.74) is 1.99. The second-order valence-electron chi connectivity index (χ2n) is 5.45. The number of urea groups is 1. The molecule has 21 heavy (non-hydrogen) atoms. The number of nitrogens with zero attached hydrogens (tertiary/aromatic N) is 4. The largest absolute Gasteiger partial charge is 0.338 e. The molecule has 0 radical (unpaired) electrons. The molecule has 3 heterocycles. The number of aromatic nitrogens is 3. The van der Waals surface area contributed by atoms with Gasteiger partial charge in [-0.05, 0) is 19.8 Å². The van der Waals surface area contributed by atoms with Crippen LogP contribution >= 0.6 is 0 Å². The van der Waals surface area contributed by atoms with Crippen LogP contribution in [0.25, 0.3) is 0 Å². The van der Waals surface area contributed by atoms with Gasteiger partial charge >= 0.3 is 6.03 Å². The molecule has 0 spiro atoms. The van der Waals surface area contributed by atoms with Crippen LogP contribution in [0.2, 0.25) is 0 Å². The van der Waals surface area contributed by atoms with Crippen molar-refractivity contribution in [3.05, 3.63) is 30.0 Å². The summed E-state index contributed by atoms with van der Waals surface area (Å²) < 4.78 is 7.05. The molecule has 0 aliphatic carbocycles. The third kappa shape index (κ3) is 2.91. The topological polar surface area (TPSA) is 76.2 Å². The van der Waals surface area contributed by atoms with Gasteiger partial charge in [-0.1, -0.05) is 5.16 Å². The average molecular weight is 289 g/mol. The van der Waals surface area contributed by atoms with Crippen LogP contribution in [0.15, 0.2) is 23.1 Å². The minimum absolute atomic E-state index is 0.130. The maximum Gasteiger partial charge on any atom is 0.324 e. The molecular formula is C14H19N5O2. The van der Waals surface area contributed by atoms with Crippen molar-refractivity contribution in [2.45, 2.75) is 25.7 Å². The zero-order valence-corrected chi connectivity index (χ0v) is 12.2. The van der Waals surface area contributed by atoms with Crippen molar-refractivity contribution in [2.24, 2.45) is 7.05 Å². The first-order chi connectivity index (χ1) is 10.1. The molecule has 2 aromatic rings. The van der Waals surface area contributed by atoms with Crippen molar-refractivity contribution < 1.29 is 9.32 Å². The first kappa shape index (κ1) is 13.7. The molecule has 2 amide bonds. The van der Waals surface area contributed by atoms with Crippen LogP contribution in [0.4, 0.5) is 10.7 Å². The predicted molar refractivity (Wildman–Crippen MR) is 77.0 cm³/mol. The molecule has 0 unspecified atom stereocenters. The predicted octanol–water partition coefficient (Wildman–Crippen LogP) is 2.13. The summed E-state index contributed by atoms with van der Waals surface area (Å²) in [7, 11) is 2.01. The zero-order valence-electron chi connectivity index (χ0n) is 12.2. The lowest BCUT2D eigenvalue weighted by atomic mass is 9.94. The van der Waals surface area contributed by atoms with Crippen LogP contribution in [0.5, 0.6) is 0 Å². The van der Waals surface area contributed by atoms with E-state index in [1.54, 1.807) is 6.07 Å². The highest BCUT2D eigenvalue weighted by Gasteiger charge is 2.25. The molecule has 0 atom stereocenters. The molecule has 1 aliphatic rings. The zero-order chi connectivity index (χ0) is 14.8. The SMILES string of the molecule is Cc1cc(NC(=O)N2CCC(c3cncn3C)CC2)on1. The highest BCUT2D eigenvalue weighted by Crippen LogP contribution is 2.27. The van der Waals surface area contributed by atoms with Crippen molar-refractivity contribution in [3.8, 4) is 0 Å². The fraction of sp³-hybridized carbons (Fsp3) is 0.500. The van der Waals surface area contributed by atoms with E-state index < -0.39 is 0 Å². The number of aryl methyl sites for hydroxylation is 2. The third-order valence-electron chi connectivity index (χ3n) is 3.91. The van der Waals surface area contributed by atoms with E-state index in [1.165, 1.54) is 5.69 Å². The van der Waals surface area contributed by atoms with Gasteiger partial charge in [0.1, 0.15) is 0 Å². The maximum absolute atomic E-state index is 12.1. The van der Waals surface area contributed by atoms with E-state index in [9.17, 15) is 4.79 Å². The Bertz CT molecular complexity index is 625. The molecule has 3 rings (SSSR count). The molecule has 0 saturated carbocycles. The van der Waals surface area contributed by atoms with E-state index in [0.29, 0.717) is 11.8 Å². The third-order valence-corrected chi connectivity index (χ3v) is 3.91. The number of imidazole rings is 1. The molecule has 2 aromatic heterocycles. The molecule has 1 saturated heterocycles. The second kappa shape index (κ2) is 5.59. The Balaban J connectivity index is 1.56. The first-order valence-corrected chi connectivity index (χ1v) is 7.09. The summed E-state index contributed by atoms with van der Waals surface area (Å²) in [6.45, 7) is 3.28. The van der Waals surface area contributed by atoms with Crippen molar-refractivity contribution in [1.82, 2.24) is 19.6 Å². The second-order valence-corrected chi connectivity index (χ2v) is 5.45. The quantitative estimate of drug-likeness (QED) is 0.918. The van der Waals surface area contributed by atoms with Gasteiger partial charge in [-0.2, -0.15) is 0 Å². The molecule has 112 valence electrons. The van der Waals surface area contributed by atoms with Gasteiger partial charge in [0.15, 0.2) is 0 Å². The number of likely N-dealkylation sites (tertiary alicyclic amines) is 1. The smallest absolute Gasteiger partial charge is 0.324 e. The molecule has 7 nitrogen and oxygen atoms in total. The van der Waals surface area contributed by atoms with Crippen LogP contribution in [0.1, 0.15) is 30.1 Å². The highest BCUT2D eigenvalue weighted by atomic mass is 16.5. The number of nitrogens with one attached hydrogen (secondary N) is 1. The number of piperidine rings is 1. The highest BCUT2D eigenvalue weighted by molar-refractivity contribution is 5.87. The van der Waals surface area contributed by atoms with Gasteiger partial charge in [0, 0.05) is 44.0 Å². The minimum atomic E-state index is -0.130. The lowest BCUT2D eigenvalue weighted by Gasteiger charge is -2.31. The Morgan fingerprint density at radius 1 is 1.43 bits per heavy atom. The Hall–Kier alpha value is -2.31. The van der Waals surface area contributed by atoms with Crippen molar-refractivity contribution in [1.29, 1.82) is 0 Å². The monoisotopic (exact) mass is 289 g/mol. The van der Waals surface area contributed by atoms with Gasteiger partial charge in [0.2, 0.25) is 5.88 Å². The molecule has 1 fully saturated rings. The number of rotatable bonds is 2. The van der Waals surface area contributed by atoms with Gasteiger partial charge in [-0.15, -0.1) is 0 Å². The van der Waals surface area contributed by atoms with E-state index in [0.717, 1.165) is 31.6 Å². The molecule has 7 heteroatoms. The van der Waals surface area contributed by atoms with Crippen molar-refractivity contribution >= 4 is 11.9 Å². The number of anilines is 1. The normalized spacial score (nSPS) is 16.2. The van der Waals surface area contributed by atoms with Crippen molar-refractivity contribution in [3.63, 3.8) is 0 Å². The van der Waals surface area contributed by atoms with E-state index >= 15 is 0 Å². The number of carbonyl (C=O) groups excluding carboxylic acids is 1. The fourth-order valence-electron chi connectivity index (χ4n) is 2.75. The van der Waals surface area contributed by atoms with Crippen LogP contribution in [0, 0.1) is 6.92 Å². The minimum Gasteiger partial charge on any atom is -0.338 e. The van der Waals surface area contributed by atoms with Crippen LogP contribution in [0.3, 0.4) is 0 Å². The van der Waals surface area contributed by atoms with E-state index in [-0.39, 0.29) is 6.03 Å². The molecule has 0 bridgehead atoms.